The van der Waals surface area contributed by atoms with Gasteiger partial charge in [0.05, 0.1) is 5.92 Å². The molecule has 3 aliphatic rings. The summed E-state index contributed by atoms with van der Waals surface area (Å²) in [6.07, 6.45) is 3.65. The zero-order chi connectivity index (χ0) is 20.6. The SMILES string of the molecule is CC1=C(c2ccccc2)C1C(=O)N1CCC2(CCC(=O)N(CCN(C)C)C2)CC1. The monoisotopic (exact) mass is 395 g/mol. The van der Waals surface area contributed by atoms with Crippen molar-refractivity contribution in [1.29, 1.82) is 0 Å². The fourth-order valence-electron chi connectivity index (χ4n) is 5.07. The first-order chi connectivity index (χ1) is 13.9. The predicted octanol–water partition coefficient (Wildman–Crippen LogP) is 2.88. The van der Waals surface area contributed by atoms with Crippen molar-refractivity contribution in [3.63, 3.8) is 0 Å². The number of piperidine rings is 2. The fourth-order valence-corrected chi connectivity index (χ4v) is 5.07. The van der Waals surface area contributed by atoms with Crippen molar-refractivity contribution in [2.24, 2.45) is 11.3 Å². The lowest BCUT2D eigenvalue weighted by Gasteiger charge is -2.47. The Balaban J connectivity index is 1.34. The van der Waals surface area contributed by atoms with Crippen molar-refractivity contribution in [3.05, 3.63) is 41.5 Å². The second-order valence-electron chi connectivity index (χ2n) is 9.34. The molecule has 5 nitrogen and oxygen atoms in total. The molecule has 0 N–H and O–H groups in total. The van der Waals surface area contributed by atoms with E-state index < -0.39 is 0 Å². The number of nitrogens with zero attached hydrogens (tertiary/aromatic N) is 3. The van der Waals surface area contributed by atoms with E-state index in [-0.39, 0.29) is 17.2 Å². The van der Waals surface area contributed by atoms with Crippen LogP contribution < -0.4 is 0 Å². The van der Waals surface area contributed by atoms with Gasteiger partial charge in [0.1, 0.15) is 0 Å². The number of carbonyl (C=O) groups excluding carboxylic acids is 2. The van der Waals surface area contributed by atoms with Crippen LogP contribution in [-0.4, -0.2) is 73.3 Å². The summed E-state index contributed by atoms with van der Waals surface area (Å²) in [5, 5.41) is 0. The fraction of sp³-hybridized carbons (Fsp3) is 0.583. The number of likely N-dealkylation sites (N-methyl/N-ethyl adjacent to an activating group) is 1. The molecule has 1 aliphatic carbocycles. The third-order valence-corrected chi connectivity index (χ3v) is 7.10. The molecule has 2 heterocycles. The zero-order valence-corrected chi connectivity index (χ0v) is 18.0. The number of hydrogen-bond acceptors (Lipinski definition) is 3. The van der Waals surface area contributed by atoms with E-state index in [9.17, 15) is 9.59 Å². The number of hydrogen-bond donors (Lipinski definition) is 0. The summed E-state index contributed by atoms with van der Waals surface area (Å²) in [7, 11) is 4.10. The summed E-state index contributed by atoms with van der Waals surface area (Å²) in [5.41, 5.74) is 3.82. The average Bonchev–Trinajstić information content (AvgIpc) is 3.40. The molecule has 1 atom stereocenters. The van der Waals surface area contributed by atoms with Crippen molar-refractivity contribution in [2.45, 2.75) is 32.6 Å². The van der Waals surface area contributed by atoms with Crippen molar-refractivity contribution < 1.29 is 9.59 Å². The van der Waals surface area contributed by atoms with Crippen LogP contribution in [-0.2, 0) is 9.59 Å². The van der Waals surface area contributed by atoms with Crippen LogP contribution in [0, 0.1) is 11.3 Å². The maximum Gasteiger partial charge on any atom is 0.234 e. The molecule has 29 heavy (non-hydrogen) atoms. The molecule has 0 bridgehead atoms. The summed E-state index contributed by atoms with van der Waals surface area (Å²) < 4.78 is 0. The Morgan fingerprint density at radius 1 is 1.14 bits per heavy atom. The third kappa shape index (κ3) is 4.11. The highest BCUT2D eigenvalue weighted by Crippen LogP contribution is 2.48. The van der Waals surface area contributed by atoms with Crippen LogP contribution in [0.3, 0.4) is 0 Å². The molecule has 156 valence electrons. The van der Waals surface area contributed by atoms with E-state index in [4.69, 9.17) is 0 Å². The highest BCUT2D eigenvalue weighted by Gasteiger charge is 2.46. The van der Waals surface area contributed by atoms with E-state index in [1.165, 1.54) is 16.7 Å². The average molecular weight is 396 g/mol. The van der Waals surface area contributed by atoms with Crippen LogP contribution in [0.4, 0.5) is 0 Å². The van der Waals surface area contributed by atoms with Crippen LogP contribution in [0.5, 0.6) is 0 Å². The second kappa shape index (κ2) is 7.94. The molecule has 0 radical (unpaired) electrons. The highest BCUT2D eigenvalue weighted by atomic mass is 16.2. The Kier molecular flexibility index (Phi) is 5.52. The van der Waals surface area contributed by atoms with Crippen LogP contribution in [0.1, 0.15) is 38.2 Å². The number of rotatable bonds is 5. The lowest BCUT2D eigenvalue weighted by molar-refractivity contribution is -0.142. The van der Waals surface area contributed by atoms with Crippen molar-refractivity contribution in [1.82, 2.24) is 14.7 Å². The van der Waals surface area contributed by atoms with Gasteiger partial charge >= 0.3 is 0 Å². The number of benzene rings is 1. The molecule has 0 saturated carbocycles. The maximum atomic E-state index is 13.1. The Bertz CT molecular complexity index is 807. The molecule has 1 aromatic carbocycles. The smallest absolute Gasteiger partial charge is 0.234 e. The van der Waals surface area contributed by atoms with Gasteiger partial charge < -0.3 is 14.7 Å². The standard InChI is InChI=1S/C24H33N3O2/c1-18-21(19-7-5-4-6-8-19)22(18)23(29)26-13-11-24(12-14-26)10-9-20(28)27(17-24)16-15-25(2)3/h4-8,22H,9-17H2,1-3H3. The minimum Gasteiger partial charge on any atom is -0.342 e. The first kappa shape index (κ1) is 20.1. The van der Waals surface area contributed by atoms with Gasteiger partial charge in [-0.1, -0.05) is 35.9 Å². The molecule has 2 saturated heterocycles. The Labute approximate surface area is 174 Å². The molecule has 2 fully saturated rings. The van der Waals surface area contributed by atoms with Gasteiger partial charge in [-0.3, -0.25) is 9.59 Å². The molecule has 2 amide bonds. The van der Waals surface area contributed by atoms with Crippen LogP contribution >= 0.6 is 0 Å². The normalized spacial score (nSPS) is 23.9. The predicted molar refractivity (Wildman–Crippen MR) is 115 cm³/mol. The topological polar surface area (TPSA) is 43.9 Å². The van der Waals surface area contributed by atoms with Crippen molar-refractivity contribution in [2.75, 3.05) is 46.8 Å². The van der Waals surface area contributed by atoms with Crippen LogP contribution in [0.2, 0.25) is 0 Å². The van der Waals surface area contributed by atoms with Gasteiger partial charge in [0.25, 0.3) is 0 Å². The lowest BCUT2D eigenvalue weighted by atomic mass is 9.72. The third-order valence-electron chi connectivity index (χ3n) is 7.10. The summed E-state index contributed by atoms with van der Waals surface area (Å²) in [6.45, 7) is 6.30. The van der Waals surface area contributed by atoms with E-state index in [1.54, 1.807) is 0 Å². The van der Waals surface area contributed by atoms with E-state index in [0.29, 0.717) is 12.3 Å². The first-order valence-corrected chi connectivity index (χ1v) is 10.9. The molecule has 5 heteroatoms. The lowest BCUT2D eigenvalue weighted by Crippen LogP contribution is -2.53. The zero-order valence-electron chi connectivity index (χ0n) is 18.0. The van der Waals surface area contributed by atoms with E-state index in [2.05, 4.69) is 33.8 Å². The number of carbonyl (C=O) groups is 2. The van der Waals surface area contributed by atoms with E-state index >= 15 is 0 Å². The Morgan fingerprint density at radius 2 is 1.83 bits per heavy atom. The number of likely N-dealkylation sites (tertiary alicyclic amines) is 2. The Morgan fingerprint density at radius 3 is 2.48 bits per heavy atom. The summed E-state index contributed by atoms with van der Waals surface area (Å²) in [4.78, 5) is 31.7. The summed E-state index contributed by atoms with van der Waals surface area (Å²) >= 11 is 0. The van der Waals surface area contributed by atoms with Crippen LogP contribution in [0.15, 0.2) is 35.9 Å². The van der Waals surface area contributed by atoms with Crippen molar-refractivity contribution in [3.8, 4) is 0 Å². The Hall–Kier alpha value is -2.14. The first-order valence-electron chi connectivity index (χ1n) is 10.9. The van der Waals surface area contributed by atoms with Gasteiger partial charge in [0.2, 0.25) is 11.8 Å². The molecule has 2 aliphatic heterocycles. The van der Waals surface area contributed by atoms with Gasteiger partial charge in [-0.25, -0.2) is 0 Å². The highest BCUT2D eigenvalue weighted by molar-refractivity contribution is 6.05. The van der Waals surface area contributed by atoms with E-state index in [0.717, 1.165) is 52.0 Å². The van der Waals surface area contributed by atoms with E-state index in [1.807, 2.05) is 32.3 Å². The number of amides is 2. The van der Waals surface area contributed by atoms with Gasteiger partial charge in [0.15, 0.2) is 0 Å². The molecule has 0 aromatic heterocycles. The van der Waals surface area contributed by atoms with Gasteiger partial charge in [-0.2, -0.15) is 0 Å². The largest absolute Gasteiger partial charge is 0.342 e. The molecular formula is C24H33N3O2. The van der Waals surface area contributed by atoms with Crippen LogP contribution in [0.25, 0.3) is 5.57 Å². The molecular weight excluding hydrogens is 362 g/mol. The summed E-state index contributed by atoms with van der Waals surface area (Å²) in [5.74, 6) is 0.546. The van der Waals surface area contributed by atoms with Gasteiger partial charge in [-0.15, -0.1) is 0 Å². The maximum absolute atomic E-state index is 13.1. The molecule has 1 aromatic rings. The minimum absolute atomic E-state index is 0.0176. The van der Waals surface area contributed by atoms with Crippen molar-refractivity contribution >= 4 is 17.4 Å². The van der Waals surface area contributed by atoms with Gasteiger partial charge in [-0.05, 0) is 56.8 Å². The molecule has 1 spiro atoms. The quantitative estimate of drug-likeness (QED) is 0.770. The summed E-state index contributed by atoms with van der Waals surface area (Å²) in [6, 6.07) is 10.3. The molecule has 1 unspecified atom stereocenters. The minimum atomic E-state index is -0.0176. The van der Waals surface area contributed by atoms with Gasteiger partial charge in [0, 0.05) is 39.1 Å². The second-order valence-corrected chi connectivity index (χ2v) is 9.34. The molecule has 4 rings (SSSR count).